The number of benzene rings is 1. The zero-order valence-corrected chi connectivity index (χ0v) is 21.7. The number of rotatable bonds is 15. The Bertz CT molecular complexity index is 765. The van der Waals surface area contributed by atoms with Crippen molar-refractivity contribution < 1.29 is 61.6 Å². The second-order valence-corrected chi connectivity index (χ2v) is 9.20. The van der Waals surface area contributed by atoms with Gasteiger partial charge in [0.05, 0.1) is 23.0 Å². The predicted octanol–water partition coefficient (Wildman–Crippen LogP) is 1.47. The molecule has 0 saturated heterocycles. The number of carbonyl (C=O) groups is 2. The summed E-state index contributed by atoms with van der Waals surface area (Å²) in [4.78, 5) is 24.5. The molecule has 0 bridgehead atoms. The van der Waals surface area contributed by atoms with Crippen molar-refractivity contribution in [1.82, 2.24) is 0 Å². The van der Waals surface area contributed by atoms with Crippen molar-refractivity contribution in [3.05, 3.63) is 35.4 Å². The number of esters is 2. The maximum Gasteiger partial charge on any atom is 1.00 e. The van der Waals surface area contributed by atoms with Crippen LogP contribution in [0.4, 0.5) is 0 Å². The van der Waals surface area contributed by atoms with Gasteiger partial charge in [-0.15, -0.1) is 0 Å². The van der Waals surface area contributed by atoms with E-state index in [9.17, 15) is 22.6 Å². The summed E-state index contributed by atoms with van der Waals surface area (Å²) in [6.45, 7) is 3.04. The zero-order chi connectivity index (χ0) is 22.4. The summed E-state index contributed by atoms with van der Waals surface area (Å²) in [5.41, 5.74) is 0.0288. The minimum absolute atomic E-state index is 0. The van der Waals surface area contributed by atoms with Crippen LogP contribution >= 0.6 is 0 Å². The van der Waals surface area contributed by atoms with E-state index in [2.05, 4.69) is 6.92 Å². The molecule has 0 radical (unpaired) electrons. The first-order valence-corrected chi connectivity index (χ1v) is 12.1. The average Bonchev–Trinajstić information content (AvgIpc) is 2.72. The van der Waals surface area contributed by atoms with E-state index in [-0.39, 0.29) is 47.3 Å². The van der Waals surface area contributed by atoms with Gasteiger partial charge in [-0.1, -0.05) is 70.4 Å². The van der Waals surface area contributed by atoms with Crippen molar-refractivity contribution in [2.75, 3.05) is 13.2 Å². The van der Waals surface area contributed by atoms with Gasteiger partial charge in [0, 0.05) is 0 Å². The van der Waals surface area contributed by atoms with Crippen LogP contribution < -0.4 is 29.6 Å². The molecule has 0 aliphatic rings. The summed E-state index contributed by atoms with van der Waals surface area (Å²) in [7, 11) is -4.55. The normalized spacial score (nSPS) is 12.0. The molecule has 9 heteroatoms. The van der Waals surface area contributed by atoms with Gasteiger partial charge >= 0.3 is 41.5 Å². The van der Waals surface area contributed by atoms with Gasteiger partial charge in [0.2, 0.25) is 0 Å². The van der Waals surface area contributed by atoms with Gasteiger partial charge in [0.1, 0.15) is 16.7 Å². The summed E-state index contributed by atoms with van der Waals surface area (Å²) in [6, 6.07) is 6.00. The largest absolute Gasteiger partial charge is 1.00 e. The Balaban J connectivity index is 0.00000900. The van der Waals surface area contributed by atoms with Gasteiger partial charge in [-0.2, -0.15) is 0 Å². The van der Waals surface area contributed by atoms with Gasteiger partial charge in [0.25, 0.3) is 0 Å². The van der Waals surface area contributed by atoms with Gasteiger partial charge in [-0.25, -0.2) is 18.0 Å². The van der Waals surface area contributed by atoms with Crippen LogP contribution in [0.15, 0.2) is 24.3 Å². The van der Waals surface area contributed by atoms with E-state index in [0.717, 1.165) is 26.2 Å². The van der Waals surface area contributed by atoms with Gasteiger partial charge in [-0.3, -0.25) is 0 Å². The molecule has 31 heavy (non-hydrogen) atoms. The van der Waals surface area contributed by atoms with E-state index >= 15 is 0 Å². The minimum Gasteiger partial charge on any atom is -0.748 e. The van der Waals surface area contributed by atoms with E-state index in [1.54, 1.807) is 12.1 Å². The van der Waals surface area contributed by atoms with Crippen LogP contribution in [0.2, 0.25) is 0 Å². The molecular formula is C22H33NaO7S. The van der Waals surface area contributed by atoms with E-state index in [1.165, 1.54) is 50.7 Å². The summed E-state index contributed by atoms with van der Waals surface area (Å²) in [5.74, 6) is -1.51. The standard InChI is InChI=1S/C22H34O7S.Na/c1-3-4-5-6-7-8-9-10-13-16-28-21(23)19-14-11-12-15-20(19)22(24)29-17-18(2)30(25,26)27;/h11-12,14-15,18H,3-10,13,16-17H2,1-2H3,(H,25,26,27);/q;+1/p-1. The van der Waals surface area contributed by atoms with Crippen LogP contribution in [0.3, 0.4) is 0 Å². The van der Waals surface area contributed by atoms with Crippen LogP contribution in [-0.2, 0) is 19.6 Å². The molecule has 0 spiro atoms. The third-order valence-electron chi connectivity index (χ3n) is 4.79. The van der Waals surface area contributed by atoms with E-state index in [4.69, 9.17) is 9.47 Å². The maximum atomic E-state index is 12.3. The van der Waals surface area contributed by atoms with Crippen LogP contribution in [-0.4, -0.2) is 43.4 Å². The van der Waals surface area contributed by atoms with Crippen LogP contribution in [0, 0.1) is 0 Å². The van der Waals surface area contributed by atoms with Gasteiger partial charge in [0.15, 0.2) is 0 Å². The number of ether oxygens (including phenoxy) is 2. The Morgan fingerprint density at radius 2 is 1.32 bits per heavy atom. The number of hydrogen-bond acceptors (Lipinski definition) is 7. The molecule has 0 fully saturated rings. The molecule has 1 rings (SSSR count). The third-order valence-corrected chi connectivity index (χ3v) is 5.91. The molecule has 1 aromatic rings. The fourth-order valence-electron chi connectivity index (χ4n) is 2.85. The summed E-state index contributed by atoms with van der Waals surface area (Å²) in [6.07, 6.45) is 10.4. The molecule has 0 aromatic heterocycles. The van der Waals surface area contributed by atoms with Gasteiger partial charge in [-0.05, 0) is 25.5 Å². The number of carbonyl (C=O) groups excluding carboxylic acids is 2. The minimum atomic E-state index is -4.55. The first-order chi connectivity index (χ1) is 14.3. The Labute approximate surface area is 208 Å². The van der Waals surface area contributed by atoms with Crippen molar-refractivity contribution in [1.29, 1.82) is 0 Å². The Hall–Kier alpha value is -0.930. The average molecular weight is 465 g/mol. The molecule has 0 amide bonds. The molecule has 1 aromatic carbocycles. The Morgan fingerprint density at radius 3 is 1.81 bits per heavy atom. The molecule has 7 nitrogen and oxygen atoms in total. The second kappa shape index (κ2) is 16.7. The Kier molecular flexibility index (Phi) is 16.2. The SMILES string of the molecule is CCCCCCCCCCCOC(=O)c1ccccc1C(=O)OCC(C)S(=O)(=O)[O-].[Na+]. The quantitative estimate of drug-likeness (QED) is 0.167. The second-order valence-electron chi connectivity index (χ2n) is 7.41. The van der Waals surface area contributed by atoms with E-state index in [1.807, 2.05) is 0 Å². The molecule has 0 aliphatic heterocycles. The smallest absolute Gasteiger partial charge is 0.748 e. The molecule has 1 atom stereocenters. The first-order valence-electron chi connectivity index (χ1n) is 10.6. The van der Waals surface area contributed by atoms with Crippen molar-refractivity contribution in [3.63, 3.8) is 0 Å². The first kappa shape index (κ1) is 30.1. The van der Waals surface area contributed by atoms with Gasteiger partial charge < -0.3 is 14.0 Å². The van der Waals surface area contributed by atoms with Crippen LogP contribution in [0.25, 0.3) is 0 Å². The van der Waals surface area contributed by atoms with Crippen molar-refractivity contribution in [2.45, 2.75) is 76.9 Å². The fourth-order valence-corrected chi connectivity index (χ4v) is 3.08. The van der Waals surface area contributed by atoms with Crippen molar-refractivity contribution in [2.24, 2.45) is 0 Å². The molecule has 170 valence electrons. The fraction of sp³-hybridized carbons (Fsp3) is 0.636. The summed E-state index contributed by atoms with van der Waals surface area (Å²) >= 11 is 0. The molecule has 1 unspecified atom stereocenters. The topological polar surface area (TPSA) is 110 Å². The van der Waals surface area contributed by atoms with Crippen LogP contribution in [0.5, 0.6) is 0 Å². The van der Waals surface area contributed by atoms with Crippen LogP contribution in [0.1, 0.15) is 92.4 Å². The Morgan fingerprint density at radius 1 is 0.871 bits per heavy atom. The molecule has 0 saturated carbocycles. The molecule has 0 aliphatic carbocycles. The zero-order valence-electron chi connectivity index (χ0n) is 18.9. The maximum absolute atomic E-state index is 12.3. The van der Waals surface area contributed by atoms with Crippen molar-refractivity contribution >= 4 is 22.1 Å². The molecular weight excluding hydrogens is 431 g/mol. The molecule has 0 heterocycles. The van der Waals surface area contributed by atoms with Crippen molar-refractivity contribution in [3.8, 4) is 0 Å². The summed E-state index contributed by atoms with van der Waals surface area (Å²) < 4.78 is 42.9. The number of unbranched alkanes of at least 4 members (excludes halogenated alkanes) is 8. The van der Waals surface area contributed by atoms with E-state index < -0.39 is 33.9 Å². The predicted molar refractivity (Wildman–Crippen MR) is 113 cm³/mol. The molecule has 0 N–H and O–H groups in total. The summed E-state index contributed by atoms with van der Waals surface area (Å²) in [5, 5.41) is -1.37. The van der Waals surface area contributed by atoms with E-state index in [0.29, 0.717) is 0 Å². The monoisotopic (exact) mass is 464 g/mol. The third kappa shape index (κ3) is 12.6. The number of hydrogen-bond donors (Lipinski definition) is 0.